The number of amides is 1. The van der Waals surface area contributed by atoms with Gasteiger partial charge < -0.3 is 10.1 Å². The van der Waals surface area contributed by atoms with Crippen molar-refractivity contribution in [2.24, 2.45) is 17.3 Å². The standard InChI is InChI=1S/C14H20BrNO3/c1-16-11(17)7-19-12(18)13-3-9-2-10(4-13)6-14(15,5-9)8-13/h9-10H,2-8H2,1H3,(H,16,17)/t9-,10-,13?,14?/m1/s1. The molecule has 106 valence electrons. The van der Waals surface area contributed by atoms with Crippen LogP contribution in [0.3, 0.4) is 0 Å². The number of hydrogen-bond acceptors (Lipinski definition) is 3. The number of ether oxygens (including phenoxy) is 1. The Kier molecular flexibility index (Phi) is 3.15. The predicted molar refractivity (Wildman–Crippen MR) is 73.8 cm³/mol. The highest BCUT2D eigenvalue weighted by Crippen LogP contribution is 2.64. The zero-order chi connectivity index (χ0) is 13.7. The van der Waals surface area contributed by atoms with E-state index in [1.165, 1.54) is 19.3 Å². The largest absolute Gasteiger partial charge is 0.455 e. The Labute approximate surface area is 121 Å². The summed E-state index contributed by atoms with van der Waals surface area (Å²) in [5.41, 5.74) is -0.332. The van der Waals surface area contributed by atoms with E-state index in [9.17, 15) is 9.59 Å². The molecule has 5 heteroatoms. The molecule has 0 unspecified atom stereocenters. The van der Waals surface area contributed by atoms with Crippen LogP contribution < -0.4 is 5.32 Å². The minimum Gasteiger partial charge on any atom is -0.455 e. The molecular formula is C14H20BrNO3. The van der Waals surface area contributed by atoms with Gasteiger partial charge in [-0.25, -0.2) is 0 Å². The van der Waals surface area contributed by atoms with Gasteiger partial charge in [0.25, 0.3) is 5.91 Å². The maximum Gasteiger partial charge on any atom is 0.312 e. The smallest absolute Gasteiger partial charge is 0.312 e. The first kappa shape index (κ1) is 13.4. The fourth-order valence-electron chi connectivity index (χ4n) is 4.75. The Morgan fingerprint density at radius 2 is 1.89 bits per heavy atom. The number of nitrogens with one attached hydrogen (secondary N) is 1. The summed E-state index contributed by atoms with van der Waals surface area (Å²) in [4.78, 5) is 23.6. The fraction of sp³-hybridized carbons (Fsp3) is 0.857. The summed E-state index contributed by atoms with van der Waals surface area (Å²) in [7, 11) is 1.55. The van der Waals surface area contributed by atoms with Crippen LogP contribution >= 0.6 is 15.9 Å². The maximum atomic E-state index is 12.4. The molecule has 1 N–H and O–H groups in total. The molecule has 4 rings (SSSR count). The Morgan fingerprint density at radius 1 is 1.26 bits per heavy atom. The van der Waals surface area contributed by atoms with E-state index in [0.29, 0.717) is 11.8 Å². The highest BCUT2D eigenvalue weighted by atomic mass is 79.9. The summed E-state index contributed by atoms with van der Waals surface area (Å²) in [6, 6.07) is 0. The van der Waals surface area contributed by atoms with Crippen LogP contribution in [0.1, 0.15) is 38.5 Å². The number of rotatable bonds is 3. The number of likely N-dealkylation sites (N-methyl/N-ethyl adjacent to an activating group) is 1. The third kappa shape index (κ3) is 2.30. The van der Waals surface area contributed by atoms with Crippen molar-refractivity contribution in [3.63, 3.8) is 0 Å². The lowest BCUT2D eigenvalue weighted by Crippen LogP contribution is -2.56. The highest BCUT2D eigenvalue weighted by molar-refractivity contribution is 9.10. The molecule has 4 nitrogen and oxygen atoms in total. The number of carbonyl (C=O) groups is 2. The molecular weight excluding hydrogens is 310 g/mol. The van der Waals surface area contributed by atoms with Gasteiger partial charge in [0, 0.05) is 11.4 Å². The van der Waals surface area contributed by atoms with Crippen LogP contribution in [-0.4, -0.2) is 29.9 Å². The van der Waals surface area contributed by atoms with Gasteiger partial charge in [-0.15, -0.1) is 0 Å². The molecule has 0 radical (unpaired) electrons. The Balaban J connectivity index is 1.73. The van der Waals surface area contributed by atoms with Crippen LogP contribution in [0, 0.1) is 17.3 Å². The first-order valence-electron chi connectivity index (χ1n) is 7.01. The third-order valence-corrected chi connectivity index (χ3v) is 5.96. The predicted octanol–water partition coefficient (Wildman–Crippen LogP) is 2.01. The van der Waals surface area contributed by atoms with Crippen molar-refractivity contribution in [3.8, 4) is 0 Å². The third-order valence-electron chi connectivity index (χ3n) is 5.04. The normalized spacial score (nSPS) is 43.1. The molecule has 1 amide bonds. The summed E-state index contributed by atoms with van der Waals surface area (Å²) in [5, 5.41) is 2.48. The van der Waals surface area contributed by atoms with Crippen LogP contribution in [0.4, 0.5) is 0 Å². The van der Waals surface area contributed by atoms with Crippen LogP contribution in [-0.2, 0) is 14.3 Å². The second kappa shape index (κ2) is 4.47. The first-order valence-corrected chi connectivity index (χ1v) is 7.81. The van der Waals surface area contributed by atoms with Crippen molar-refractivity contribution in [2.75, 3.05) is 13.7 Å². The lowest BCUT2D eigenvalue weighted by Gasteiger charge is -2.58. The summed E-state index contributed by atoms with van der Waals surface area (Å²) < 4.78 is 5.39. The molecule has 19 heavy (non-hydrogen) atoms. The molecule has 0 spiro atoms. The molecule has 4 bridgehead atoms. The number of carbonyl (C=O) groups excluding carboxylic acids is 2. The minimum atomic E-state index is -0.332. The summed E-state index contributed by atoms with van der Waals surface area (Å²) in [5.74, 6) is 0.891. The molecule has 2 atom stereocenters. The van der Waals surface area contributed by atoms with Crippen molar-refractivity contribution in [3.05, 3.63) is 0 Å². The van der Waals surface area contributed by atoms with Crippen LogP contribution in [0.5, 0.6) is 0 Å². The van der Waals surface area contributed by atoms with Gasteiger partial charge in [0.15, 0.2) is 6.61 Å². The van der Waals surface area contributed by atoms with E-state index in [0.717, 1.165) is 19.3 Å². The molecule has 4 aliphatic rings. The quantitative estimate of drug-likeness (QED) is 0.636. The van der Waals surface area contributed by atoms with Crippen molar-refractivity contribution in [1.29, 1.82) is 0 Å². The topological polar surface area (TPSA) is 55.4 Å². The average Bonchev–Trinajstić information content (AvgIpc) is 2.32. The van der Waals surface area contributed by atoms with Crippen LogP contribution in [0.15, 0.2) is 0 Å². The van der Waals surface area contributed by atoms with Crippen molar-refractivity contribution in [2.45, 2.75) is 42.8 Å². The van der Waals surface area contributed by atoms with Crippen molar-refractivity contribution >= 4 is 27.8 Å². The molecule has 0 heterocycles. The fourth-order valence-corrected chi connectivity index (χ4v) is 6.20. The zero-order valence-electron chi connectivity index (χ0n) is 11.2. The van der Waals surface area contributed by atoms with E-state index in [1.807, 2.05) is 0 Å². The number of alkyl halides is 1. The summed E-state index contributed by atoms with van der Waals surface area (Å²) in [6.07, 6.45) is 6.41. The van der Waals surface area contributed by atoms with Gasteiger partial charge in [-0.05, 0) is 50.4 Å². The SMILES string of the molecule is CNC(=O)COC(=O)C12C[C@H]3C[C@@H](CC(Br)(C3)C1)C2. The molecule has 0 aromatic rings. The second-order valence-electron chi connectivity index (χ2n) is 6.64. The van der Waals surface area contributed by atoms with Gasteiger partial charge in [-0.2, -0.15) is 0 Å². The zero-order valence-corrected chi connectivity index (χ0v) is 12.8. The van der Waals surface area contributed by atoms with Gasteiger partial charge in [0.1, 0.15) is 0 Å². The van der Waals surface area contributed by atoms with Crippen molar-refractivity contribution < 1.29 is 14.3 Å². The van der Waals surface area contributed by atoms with Gasteiger partial charge in [-0.3, -0.25) is 9.59 Å². The lowest BCUT2D eigenvalue weighted by molar-refractivity contribution is -0.171. The highest BCUT2D eigenvalue weighted by Gasteiger charge is 2.60. The van der Waals surface area contributed by atoms with E-state index in [1.54, 1.807) is 7.05 Å². The van der Waals surface area contributed by atoms with Crippen LogP contribution in [0.2, 0.25) is 0 Å². The molecule has 4 aliphatic carbocycles. The number of esters is 1. The Bertz CT molecular complexity index is 409. The Morgan fingerprint density at radius 3 is 2.42 bits per heavy atom. The molecule has 4 saturated carbocycles. The first-order chi connectivity index (χ1) is 8.95. The maximum absolute atomic E-state index is 12.4. The van der Waals surface area contributed by atoms with Crippen LogP contribution in [0.25, 0.3) is 0 Å². The molecule has 4 fully saturated rings. The van der Waals surface area contributed by atoms with Gasteiger partial charge in [-0.1, -0.05) is 15.9 Å². The molecule has 0 aromatic carbocycles. The van der Waals surface area contributed by atoms with E-state index < -0.39 is 0 Å². The van der Waals surface area contributed by atoms with E-state index in [4.69, 9.17) is 4.74 Å². The summed E-state index contributed by atoms with van der Waals surface area (Å²) >= 11 is 3.87. The lowest BCUT2D eigenvalue weighted by atomic mass is 9.49. The minimum absolute atomic E-state index is 0.142. The van der Waals surface area contributed by atoms with Gasteiger partial charge in [0.05, 0.1) is 5.41 Å². The monoisotopic (exact) mass is 329 g/mol. The molecule has 0 saturated heterocycles. The van der Waals surface area contributed by atoms with Gasteiger partial charge in [0.2, 0.25) is 0 Å². The van der Waals surface area contributed by atoms with E-state index in [-0.39, 0.29) is 28.2 Å². The number of hydrogen-bond donors (Lipinski definition) is 1. The van der Waals surface area contributed by atoms with Gasteiger partial charge >= 0.3 is 5.97 Å². The molecule has 0 aliphatic heterocycles. The average molecular weight is 330 g/mol. The number of halogens is 1. The second-order valence-corrected chi connectivity index (χ2v) is 8.32. The van der Waals surface area contributed by atoms with E-state index >= 15 is 0 Å². The summed E-state index contributed by atoms with van der Waals surface area (Å²) in [6.45, 7) is -0.151. The van der Waals surface area contributed by atoms with E-state index in [2.05, 4.69) is 21.2 Å². The molecule has 0 aromatic heterocycles. The van der Waals surface area contributed by atoms with Crippen molar-refractivity contribution in [1.82, 2.24) is 5.32 Å². The Hall–Kier alpha value is -0.580.